The van der Waals surface area contributed by atoms with Crippen LogP contribution >= 0.6 is 0 Å². The first-order valence-corrected chi connectivity index (χ1v) is 5.94. The maximum atomic E-state index is 11.9. The van der Waals surface area contributed by atoms with Crippen molar-refractivity contribution in [2.24, 2.45) is 0 Å². The SMILES string of the molecule is O=C(NCCc1cncnc1)c1ccccc1[N+](=O)[O-]. The first-order chi connectivity index (χ1) is 9.68. The molecule has 0 aliphatic rings. The lowest BCUT2D eigenvalue weighted by molar-refractivity contribution is -0.385. The second-order valence-electron chi connectivity index (χ2n) is 4.03. The number of para-hydroxylation sites is 1. The Balaban J connectivity index is 1.97. The van der Waals surface area contributed by atoms with E-state index >= 15 is 0 Å². The summed E-state index contributed by atoms with van der Waals surface area (Å²) in [5.41, 5.74) is 0.741. The lowest BCUT2D eigenvalue weighted by Crippen LogP contribution is -2.26. The van der Waals surface area contributed by atoms with E-state index in [1.165, 1.54) is 24.5 Å². The molecule has 0 bridgehead atoms. The number of hydrogen-bond acceptors (Lipinski definition) is 5. The third-order valence-electron chi connectivity index (χ3n) is 2.66. The Kier molecular flexibility index (Phi) is 4.33. The third-order valence-corrected chi connectivity index (χ3v) is 2.66. The molecule has 0 saturated heterocycles. The average Bonchev–Trinajstić information content (AvgIpc) is 2.48. The number of rotatable bonds is 5. The standard InChI is InChI=1S/C13H12N4O3/c18-13(11-3-1-2-4-12(11)17(19)20)16-6-5-10-7-14-9-15-8-10/h1-4,7-9H,5-6H2,(H,16,18). The van der Waals surface area contributed by atoms with Crippen molar-refractivity contribution in [1.29, 1.82) is 0 Å². The Bertz CT molecular complexity index is 616. The van der Waals surface area contributed by atoms with Crippen molar-refractivity contribution < 1.29 is 9.72 Å². The molecule has 0 fully saturated rings. The molecule has 2 rings (SSSR count). The number of nitro groups is 1. The van der Waals surface area contributed by atoms with E-state index < -0.39 is 10.8 Å². The van der Waals surface area contributed by atoms with Gasteiger partial charge in [0.25, 0.3) is 11.6 Å². The molecule has 7 nitrogen and oxygen atoms in total. The Morgan fingerprint density at radius 2 is 1.95 bits per heavy atom. The fourth-order valence-electron chi connectivity index (χ4n) is 1.70. The lowest BCUT2D eigenvalue weighted by Gasteiger charge is -2.05. The third kappa shape index (κ3) is 3.35. The van der Waals surface area contributed by atoms with Crippen LogP contribution in [0.2, 0.25) is 0 Å². The molecule has 7 heteroatoms. The molecule has 0 unspecified atom stereocenters. The number of amides is 1. The van der Waals surface area contributed by atoms with E-state index in [1.807, 2.05) is 0 Å². The summed E-state index contributed by atoms with van der Waals surface area (Å²) in [6, 6.07) is 5.85. The van der Waals surface area contributed by atoms with E-state index in [9.17, 15) is 14.9 Å². The number of hydrogen-bond donors (Lipinski definition) is 1. The van der Waals surface area contributed by atoms with Gasteiger partial charge in [0.2, 0.25) is 0 Å². The number of aromatic nitrogens is 2. The highest BCUT2D eigenvalue weighted by Crippen LogP contribution is 2.17. The van der Waals surface area contributed by atoms with Crippen molar-refractivity contribution in [3.05, 3.63) is 64.2 Å². The van der Waals surface area contributed by atoms with Crippen LogP contribution in [0.3, 0.4) is 0 Å². The fourth-order valence-corrected chi connectivity index (χ4v) is 1.70. The molecule has 0 radical (unpaired) electrons. The summed E-state index contributed by atoms with van der Waals surface area (Å²) in [4.78, 5) is 29.9. The summed E-state index contributed by atoms with van der Waals surface area (Å²) < 4.78 is 0. The largest absolute Gasteiger partial charge is 0.351 e. The maximum Gasteiger partial charge on any atom is 0.282 e. The van der Waals surface area contributed by atoms with Gasteiger partial charge in [-0.05, 0) is 18.1 Å². The second-order valence-corrected chi connectivity index (χ2v) is 4.03. The smallest absolute Gasteiger partial charge is 0.282 e. The van der Waals surface area contributed by atoms with Crippen LogP contribution in [-0.2, 0) is 6.42 Å². The molecule has 0 aliphatic carbocycles. The topological polar surface area (TPSA) is 98.0 Å². The summed E-state index contributed by atoms with van der Waals surface area (Å²) in [5, 5.41) is 13.5. The Hall–Kier alpha value is -2.83. The lowest BCUT2D eigenvalue weighted by atomic mass is 10.1. The van der Waals surface area contributed by atoms with Crippen molar-refractivity contribution in [1.82, 2.24) is 15.3 Å². The van der Waals surface area contributed by atoms with Gasteiger partial charge in [0.1, 0.15) is 11.9 Å². The molecule has 0 aliphatic heterocycles. The monoisotopic (exact) mass is 272 g/mol. The predicted octanol–water partition coefficient (Wildman–Crippen LogP) is 1.36. The maximum absolute atomic E-state index is 11.9. The molecule has 102 valence electrons. The van der Waals surface area contributed by atoms with Crippen molar-refractivity contribution in [2.75, 3.05) is 6.54 Å². The van der Waals surface area contributed by atoms with Crippen LogP contribution in [0.4, 0.5) is 5.69 Å². The molecule has 1 aromatic carbocycles. The number of carbonyl (C=O) groups is 1. The van der Waals surface area contributed by atoms with Crippen molar-refractivity contribution in [3.63, 3.8) is 0 Å². The van der Waals surface area contributed by atoms with Gasteiger partial charge in [0.15, 0.2) is 0 Å². The van der Waals surface area contributed by atoms with Gasteiger partial charge in [0.05, 0.1) is 4.92 Å². The van der Waals surface area contributed by atoms with E-state index in [0.29, 0.717) is 13.0 Å². The Labute approximate surface area is 114 Å². The van der Waals surface area contributed by atoms with Crippen molar-refractivity contribution in [3.8, 4) is 0 Å². The quantitative estimate of drug-likeness (QED) is 0.654. The predicted molar refractivity (Wildman–Crippen MR) is 71.2 cm³/mol. The molecule has 2 aromatic rings. The first kappa shape index (κ1) is 13.6. The van der Waals surface area contributed by atoms with Gasteiger partial charge in [-0.25, -0.2) is 9.97 Å². The van der Waals surface area contributed by atoms with E-state index in [1.54, 1.807) is 18.5 Å². The van der Waals surface area contributed by atoms with Crippen LogP contribution in [0.1, 0.15) is 15.9 Å². The summed E-state index contributed by atoms with van der Waals surface area (Å²) in [5.74, 6) is -0.464. The molecule has 1 heterocycles. The van der Waals surface area contributed by atoms with Crippen molar-refractivity contribution >= 4 is 11.6 Å². The first-order valence-electron chi connectivity index (χ1n) is 5.94. The van der Waals surface area contributed by atoms with Gasteiger partial charge in [-0.1, -0.05) is 12.1 Å². The highest BCUT2D eigenvalue weighted by molar-refractivity contribution is 5.98. The van der Waals surface area contributed by atoms with Gasteiger partial charge >= 0.3 is 0 Å². The van der Waals surface area contributed by atoms with Gasteiger partial charge in [-0.15, -0.1) is 0 Å². The normalized spacial score (nSPS) is 10.0. The zero-order valence-electron chi connectivity index (χ0n) is 10.5. The number of nitro benzene ring substituents is 1. The molecule has 1 N–H and O–H groups in total. The van der Waals surface area contributed by atoms with E-state index in [0.717, 1.165) is 5.56 Å². The summed E-state index contributed by atoms with van der Waals surface area (Å²) >= 11 is 0. The number of nitrogens with zero attached hydrogens (tertiary/aromatic N) is 3. The van der Waals surface area contributed by atoms with E-state index in [4.69, 9.17) is 0 Å². The molecule has 0 saturated carbocycles. The molecule has 1 aromatic heterocycles. The van der Waals surface area contributed by atoms with Crippen LogP contribution < -0.4 is 5.32 Å². The highest BCUT2D eigenvalue weighted by atomic mass is 16.6. The molecule has 0 atom stereocenters. The number of nitrogens with one attached hydrogen (secondary N) is 1. The summed E-state index contributed by atoms with van der Waals surface area (Å²) in [6.45, 7) is 0.359. The van der Waals surface area contributed by atoms with Crippen LogP contribution in [0.25, 0.3) is 0 Å². The van der Waals surface area contributed by atoms with Gasteiger partial charge < -0.3 is 5.32 Å². The van der Waals surface area contributed by atoms with Gasteiger partial charge in [-0.3, -0.25) is 14.9 Å². The zero-order chi connectivity index (χ0) is 14.4. The second kappa shape index (κ2) is 6.37. The highest BCUT2D eigenvalue weighted by Gasteiger charge is 2.18. The molecular formula is C13H12N4O3. The summed E-state index contributed by atoms with van der Waals surface area (Å²) in [7, 11) is 0. The minimum Gasteiger partial charge on any atom is -0.351 e. The molecular weight excluding hydrogens is 260 g/mol. The van der Waals surface area contributed by atoms with Gasteiger partial charge in [-0.2, -0.15) is 0 Å². The molecule has 0 spiro atoms. The van der Waals surface area contributed by atoms with Crippen LogP contribution in [-0.4, -0.2) is 27.3 Å². The van der Waals surface area contributed by atoms with E-state index in [-0.39, 0.29) is 11.3 Å². The molecule has 1 amide bonds. The molecule has 20 heavy (non-hydrogen) atoms. The van der Waals surface area contributed by atoms with Crippen molar-refractivity contribution in [2.45, 2.75) is 6.42 Å². The number of benzene rings is 1. The van der Waals surface area contributed by atoms with Gasteiger partial charge in [0, 0.05) is 25.0 Å². The van der Waals surface area contributed by atoms with Crippen LogP contribution in [0.15, 0.2) is 43.0 Å². The zero-order valence-corrected chi connectivity index (χ0v) is 10.5. The summed E-state index contributed by atoms with van der Waals surface area (Å²) in [6.07, 6.45) is 5.30. The van der Waals surface area contributed by atoms with E-state index in [2.05, 4.69) is 15.3 Å². The average molecular weight is 272 g/mol. The number of carbonyl (C=O) groups excluding carboxylic acids is 1. The van der Waals surface area contributed by atoms with Crippen LogP contribution in [0.5, 0.6) is 0 Å². The fraction of sp³-hybridized carbons (Fsp3) is 0.154. The minimum atomic E-state index is -0.569. The minimum absolute atomic E-state index is 0.0572. The Morgan fingerprint density at radius 3 is 2.65 bits per heavy atom. The Morgan fingerprint density at radius 1 is 1.25 bits per heavy atom. The van der Waals surface area contributed by atoms with Crippen LogP contribution in [0, 0.1) is 10.1 Å².